The van der Waals surface area contributed by atoms with Crippen molar-refractivity contribution in [1.82, 2.24) is 0 Å². The number of halogens is 3. The summed E-state index contributed by atoms with van der Waals surface area (Å²) in [5.74, 6) is 0. The van der Waals surface area contributed by atoms with Crippen molar-refractivity contribution in [2.24, 2.45) is 0 Å². The summed E-state index contributed by atoms with van der Waals surface area (Å²) >= 11 is 23.1. The third-order valence-corrected chi connectivity index (χ3v) is 13.3. The second kappa shape index (κ2) is 17.5. The van der Waals surface area contributed by atoms with Crippen LogP contribution in [0.1, 0.15) is 83.1 Å². The number of rotatable bonds is 2. The van der Waals surface area contributed by atoms with E-state index >= 15 is 0 Å². The maximum atomic E-state index is 6.23. The Hall–Kier alpha value is -1.72. The Labute approximate surface area is 383 Å². The van der Waals surface area contributed by atoms with Gasteiger partial charge in [0.1, 0.15) is 11.2 Å². The van der Waals surface area contributed by atoms with Crippen molar-refractivity contribution in [1.29, 1.82) is 0 Å². The topological polar surface area (TPSA) is 81.7 Å². The van der Waals surface area contributed by atoms with Crippen LogP contribution in [0.4, 0.5) is 0 Å². The molecule has 8 nitrogen and oxygen atoms in total. The van der Waals surface area contributed by atoms with Crippen molar-refractivity contribution < 1.29 is 36.8 Å². The summed E-state index contributed by atoms with van der Waals surface area (Å²) in [5, 5.41) is 5.44. The Morgan fingerprint density at radius 2 is 0.831 bits per heavy atom. The number of fused-ring (bicyclic) bond motifs is 6. The molecule has 59 heavy (non-hydrogen) atoms. The Morgan fingerprint density at radius 1 is 0.475 bits per heavy atom. The highest BCUT2D eigenvalue weighted by Gasteiger charge is 2.63. The molecule has 9 rings (SSSR count). The molecule has 3 saturated heterocycles. The standard InChI is InChI=1S/C18H18BClO3.C12H24B2O4.C12H6BrClO.S2.H2S/c1-17(2)18(3,4)23-19(22-17)11-8-9-15-13(10-11)12-6-5-7-14(20)16(12)21-15;1-9(2)10(3,4)16-13(15-9)14-17-11(5,6)12(7,8)18-14;13-7-4-5-11-9(6-7)8-2-1-3-10(14)12(8)15-11;1-2;/h5-10H,1-4H3;1-8H3;1-6H;;1H2. The zero-order chi connectivity index (χ0) is 42.8. The average molecular weight is 962 g/mol. The normalized spacial score (nSPS) is 20.4. The predicted octanol–water partition coefficient (Wildman–Crippen LogP) is 11.9. The third kappa shape index (κ3) is 9.34. The molecule has 0 atom stereocenters. The number of hydrogen-bond acceptors (Lipinski definition) is 10. The van der Waals surface area contributed by atoms with Crippen LogP contribution in [0, 0.1) is 0 Å². The van der Waals surface area contributed by atoms with Crippen LogP contribution in [0.2, 0.25) is 10.0 Å². The number of hydrogen-bond donors (Lipinski definition) is 0. The van der Waals surface area contributed by atoms with Gasteiger partial charge in [-0.15, -0.1) is 0 Å². The Morgan fingerprint density at radius 3 is 1.24 bits per heavy atom. The molecule has 5 heterocycles. The zero-order valence-corrected chi connectivity index (χ0v) is 41.1. The molecular formula is C42H50B3BrCl2O8S3. The van der Waals surface area contributed by atoms with Gasteiger partial charge in [0.05, 0.1) is 43.7 Å². The summed E-state index contributed by atoms with van der Waals surface area (Å²) in [7, 11) is -1.33. The van der Waals surface area contributed by atoms with E-state index in [0.717, 1.165) is 53.8 Å². The minimum absolute atomic E-state index is 0. The van der Waals surface area contributed by atoms with Crippen molar-refractivity contribution >= 4 is 145 Å². The quantitative estimate of drug-likeness (QED) is 0.157. The van der Waals surface area contributed by atoms with Gasteiger partial charge in [-0.05, 0) is 125 Å². The number of para-hydroxylation sites is 2. The molecule has 0 bridgehead atoms. The number of benzene rings is 4. The summed E-state index contributed by atoms with van der Waals surface area (Å²) < 4.78 is 48.7. The molecule has 2 aromatic heterocycles. The average Bonchev–Trinajstić information content (AvgIpc) is 3.87. The van der Waals surface area contributed by atoms with Gasteiger partial charge in [-0.1, -0.05) is 75.5 Å². The molecule has 3 aliphatic heterocycles. The minimum Gasteiger partial charge on any atom is -0.454 e. The summed E-state index contributed by atoms with van der Waals surface area (Å²) in [6.45, 7) is 24.4. The lowest BCUT2D eigenvalue weighted by atomic mass is 9.49. The van der Waals surface area contributed by atoms with Crippen molar-refractivity contribution in [2.75, 3.05) is 0 Å². The van der Waals surface area contributed by atoms with Crippen molar-refractivity contribution in [3.8, 4) is 0 Å². The fraction of sp³-hybridized carbons (Fsp3) is 0.429. The van der Waals surface area contributed by atoms with Crippen LogP contribution >= 0.6 is 52.6 Å². The van der Waals surface area contributed by atoms with Crippen LogP contribution in [0.3, 0.4) is 0 Å². The zero-order valence-electron chi connectivity index (χ0n) is 35.4. The van der Waals surface area contributed by atoms with Gasteiger partial charge in [-0.3, -0.25) is 0 Å². The van der Waals surface area contributed by atoms with E-state index in [-0.39, 0.29) is 54.2 Å². The first-order valence-electron chi connectivity index (χ1n) is 19.0. The second-order valence-corrected chi connectivity index (χ2v) is 19.4. The molecular weight excluding hydrogens is 912 g/mol. The van der Waals surface area contributed by atoms with Gasteiger partial charge >= 0.3 is 21.1 Å². The maximum Gasteiger partial charge on any atom is 0.494 e. The lowest BCUT2D eigenvalue weighted by Crippen LogP contribution is -2.41. The van der Waals surface area contributed by atoms with E-state index < -0.39 is 14.0 Å². The largest absolute Gasteiger partial charge is 0.494 e. The van der Waals surface area contributed by atoms with E-state index in [0.29, 0.717) is 10.0 Å². The summed E-state index contributed by atoms with van der Waals surface area (Å²) in [4.78, 5) is 0. The van der Waals surface area contributed by atoms with Gasteiger partial charge < -0.3 is 36.8 Å². The summed E-state index contributed by atoms with van der Waals surface area (Å²) in [6, 6.07) is 23.5. The molecule has 3 aliphatic rings. The van der Waals surface area contributed by atoms with Gasteiger partial charge in [0.15, 0.2) is 11.2 Å². The van der Waals surface area contributed by atoms with Crippen LogP contribution in [0.15, 0.2) is 86.1 Å². The van der Waals surface area contributed by atoms with Crippen molar-refractivity contribution in [2.45, 2.75) is 117 Å². The molecule has 0 amide bonds. The van der Waals surface area contributed by atoms with Gasteiger partial charge in [-0.2, -0.15) is 13.5 Å². The molecule has 0 saturated carbocycles. The first-order valence-corrected chi connectivity index (χ1v) is 21.9. The van der Waals surface area contributed by atoms with Crippen LogP contribution in [0.5, 0.6) is 0 Å². The first-order chi connectivity index (χ1) is 26.9. The fourth-order valence-corrected chi connectivity index (χ4v) is 7.43. The molecule has 0 radical (unpaired) electrons. The summed E-state index contributed by atoms with van der Waals surface area (Å²) in [5.41, 5.74) is 1.99. The maximum absolute atomic E-state index is 6.23. The van der Waals surface area contributed by atoms with E-state index in [1.165, 1.54) is 0 Å². The first kappa shape index (κ1) is 48.3. The lowest BCUT2D eigenvalue weighted by Gasteiger charge is -2.32. The fourth-order valence-electron chi connectivity index (χ4n) is 6.64. The van der Waals surface area contributed by atoms with E-state index in [1.54, 1.807) is 0 Å². The Balaban J connectivity index is 0.000000167. The van der Waals surface area contributed by atoms with Crippen LogP contribution in [-0.2, 0) is 50.3 Å². The molecule has 3 fully saturated rings. The molecule has 17 heteroatoms. The molecule has 0 aliphatic carbocycles. The van der Waals surface area contributed by atoms with E-state index in [9.17, 15) is 0 Å². The molecule has 314 valence electrons. The molecule has 0 N–H and O–H groups in total. The number of furan rings is 2. The highest BCUT2D eigenvalue weighted by Crippen LogP contribution is 2.43. The van der Waals surface area contributed by atoms with Gasteiger partial charge in [0.2, 0.25) is 0 Å². The molecule has 4 aromatic carbocycles. The van der Waals surface area contributed by atoms with Crippen LogP contribution in [-0.4, -0.2) is 54.7 Å². The molecule has 6 aromatic rings. The molecule has 0 spiro atoms. The van der Waals surface area contributed by atoms with E-state index in [1.807, 2.05) is 122 Å². The van der Waals surface area contributed by atoms with Crippen molar-refractivity contribution in [3.63, 3.8) is 0 Å². The van der Waals surface area contributed by atoms with E-state index in [4.69, 9.17) is 60.0 Å². The SMILES string of the molecule is CC1(C)OB(B2OC(C)(C)C(C)(C)O2)OC1(C)C.CC1(C)OB(c2ccc3oc4c(Cl)cccc4c3c2)OC1(C)C.Clc1cccc2c1oc1ccc(Br)cc12.S.S=S. The van der Waals surface area contributed by atoms with Crippen LogP contribution < -0.4 is 5.46 Å². The molecule has 0 unspecified atom stereocenters. The lowest BCUT2D eigenvalue weighted by molar-refractivity contribution is 0.00578. The predicted molar refractivity (Wildman–Crippen MR) is 258 cm³/mol. The van der Waals surface area contributed by atoms with Gasteiger partial charge in [0.25, 0.3) is 0 Å². The van der Waals surface area contributed by atoms with Gasteiger partial charge in [0, 0.05) is 48.4 Å². The van der Waals surface area contributed by atoms with E-state index in [2.05, 4.69) is 72.1 Å². The second-order valence-electron chi connectivity index (χ2n) is 17.7. The Bertz CT molecular complexity index is 2390. The minimum atomic E-state index is -0.476. The van der Waals surface area contributed by atoms with Crippen LogP contribution in [0.25, 0.3) is 43.9 Å². The smallest absolute Gasteiger partial charge is 0.454 e. The highest BCUT2D eigenvalue weighted by atomic mass is 79.9. The van der Waals surface area contributed by atoms with Gasteiger partial charge in [-0.25, -0.2) is 0 Å². The van der Waals surface area contributed by atoms with Crippen molar-refractivity contribution in [3.05, 3.63) is 87.3 Å². The third-order valence-electron chi connectivity index (χ3n) is 12.2. The highest BCUT2D eigenvalue weighted by molar-refractivity contribution is 9.10. The Kier molecular flexibility index (Phi) is 14.3. The summed E-state index contributed by atoms with van der Waals surface area (Å²) in [6.07, 6.45) is 0. The monoisotopic (exact) mass is 960 g/mol.